The van der Waals surface area contributed by atoms with E-state index >= 15 is 0 Å². The smallest absolute Gasteiger partial charge is 0.137 e. The molecule has 1 nitrogen and oxygen atoms in total. The maximum atomic E-state index is 12.9. The molecule has 1 rings (SSSR count). The second kappa shape index (κ2) is 5.06. The first-order valence-electron chi connectivity index (χ1n) is 5.25. The average molecular weight is 208 g/mol. The highest BCUT2D eigenvalue weighted by atomic mass is 19.1. The lowest BCUT2D eigenvalue weighted by Crippen LogP contribution is -2.07. The minimum absolute atomic E-state index is 0.179. The topological polar surface area (TPSA) is 17.1 Å². The fourth-order valence-electron chi connectivity index (χ4n) is 1.57. The lowest BCUT2D eigenvalue weighted by molar-refractivity contribution is -0.119. The third-order valence-electron chi connectivity index (χ3n) is 2.33. The Labute approximate surface area is 90.3 Å². The van der Waals surface area contributed by atoms with Crippen molar-refractivity contribution in [3.63, 3.8) is 0 Å². The van der Waals surface area contributed by atoms with Crippen molar-refractivity contribution in [1.29, 1.82) is 0 Å². The molecule has 82 valence electrons. The molecule has 0 spiro atoms. The summed E-state index contributed by atoms with van der Waals surface area (Å²) in [5.74, 6) is 0.276. The van der Waals surface area contributed by atoms with Crippen LogP contribution in [0.1, 0.15) is 31.4 Å². The Hall–Kier alpha value is -1.18. The van der Waals surface area contributed by atoms with Gasteiger partial charge in [-0.25, -0.2) is 4.39 Å². The Kier molecular flexibility index (Phi) is 4.01. The van der Waals surface area contributed by atoms with Crippen LogP contribution in [0, 0.1) is 18.7 Å². The zero-order valence-corrected chi connectivity index (χ0v) is 9.51. The first kappa shape index (κ1) is 11.9. The van der Waals surface area contributed by atoms with Gasteiger partial charge in [0.2, 0.25) is 0 Å². The molecular formula is C13H17FO. The molecule has 0 aromatic heterocycles. The molecule has 2 heteroatoms. The van der Waals surface area contributed by atoms with Gasteiger partial charge in [-0.3, -0.25) is 4.79 Å². The van der Waals surface area contributed by atoms with Gasteiger partial charge in [-0.15, -0.1) is 0 Å². The highest BCUT2D eigenvalue weighted by molar-refractivity contribution is 5.81. The van der Waals surface area contributed by atoms with E-state index in [9.17, 15) is 9.18 Å². The fourth-order valence-corrected chi connectivity index (χ4v) is 1.57. The molecule has 1 aromatic rings. The molecule has 0 atom stereocenters. The summed E-state index contributed by atoms with van der Waals surface area (Å²) >= 11 is 0. The van der Waals surface area contributed by atoms with Crippen LogP contribution in [0.5, 0.6) is 0 Å². The largest absolute Gasteiger partial charge is 0.299 e. The van der Waals surface area contributed by atoms with Gasteiger partial charge in [0.05, 0.1) is 0 Å². The average Bonchev–Trinajstić information content (AvgIpc) is 2.10. The van der Waals surface area contributed by atoms with Gasteiger partial charge in [0, 0.05) is 12.8 Å². The maximum absolute atomic E-state index is 12.9. The van der Waals surface area contributed by atoms with Crippen molar-refractivity contribution in [2.45, 2.75) is 33.6 Å². The van der Waals surface area contributed by atoms with Crippen molar-refractivity contribution in [3.05, 3.63) is 35.1 Å². The standard InChI is InChI=1S/C13H17FO/c1-9(2)6-13(15)8-11-7-12(14)5-4-10(11)3/h4-5,7,9H,6,8H2,1-3H3. The lowest BCUT2D eigenvalue weighted by atomic mass is 9.98. The predicted octanol–water partition coefficient (Wildman–Crippen LogP) is 3.29. The minimum Gasteiger partial charge on any atom is -0.299 e. The number of hydrogen-bond acceptors (Lipinski definition) is 1. The van der Waals surface area contributed by atoms with Gasteiger partial charge in [0.25, 0.3) is 0 Å². The minimum atomic E-state index is -0.270. The summed E-state index contributed by atoms with van der Waals surface area (Å²) in [7, 11) is 0. The lowest BCUT2D eigenvalue weighted by Gasteiger charge is -2.06. The van der Waals surface area contributed by atoms with Crippen molar-refractivity contribution in [2.75, 3.05) is 0 Å². The fraction of sp³-hybridized carbons (Fsp3) is 0.462. The van der Waals surface area contributed by atoms with Gasteiger partial charge in [-0.2, -0.15) is 0 Å². The van der Waals surface area contributed by atoms with Crippen molar-refractivity contribution < 1.29 is 9.18 Å². The molecule has 0 saturated heterocycles. The molecular weight excluding hydrogens is 191 g/mol. The molecule has 1 aromatic carbocycles. The van der Waals surface area contributed by atoms with E-state index in [4.69, 9.17) is 0 Å². The van der Waals surface area contributed by atoms with Crippen molar-refractivity contribution >= 4 is 5.78 Å². The van der Waals surface area contributed by atoms with Crippen LogP contribution in [0.3, 0.4) is 0 Å². The van der Waals surface area contributed by atoms with E-state index in [0.717, 1.165) is 11.1 Å². The molecule has 0 N–H and O–H groups in total. The number of Topliss-reactive ketones (excluding diaryl/α,β-unsaturated/α-hetero) is 1. The summed E-state index contributed by atoms with van der Waals surface area (Å²) < 4.78 is 12.9. The SMILES string of the molecule is Cc1ccc(F)cc1CC(=O)CC(C)C. The van der Waals surface area contributed by atoms with E-state index < -0.39 is 0 Å². The summed E-state index contributed by atoms with van der Waals surface area (Å²) in [5, 5.41) is 0. The van der Waals surface area contributed by atoms with Crippen LogP contribution < -0.4 is 0 Å². The van der Waals surface area contributed by atoms with Crippen LogP contribution in [0.2, 0.25) is 0 Å². The Morgan fingerprint density at radius 2 is 2.07 bits per heavy atom. The van der Waals surface area contributed by atoms with E-state index in [1.807, 2.05) is 20.8 Å². The van der Waals surface area contributed by atoms with E-state index in [1.54, 1.807) is 6.07 Å². The van der Waals surface area contributed by atoms with Crippen LogP contribution >= 0.6 is 0 Å². The molecule has 0 saturated carbocycles. The summed E-state index contributed by atoms with van der Waals surface area (Å²) in [5.41, 5.74) is 1.79. The number of ketones is 1. The third-order valence-corrected chi connectivity index (χ3v) is 2.33. The summed E-state index contributed by atoms with van der Waals surface area (Å²) in [6, 6.07) is 4.59. The molecule has 0 fully saturated rings. The first-order chi connectivity index (χ1) is 6.99. The number of halogens is 1. The van der Waals surface area contributed by atoms with Gasteiger partial charge in [-0.05, 0) is 36.1 Å². The van der Waals surface area contributed by atoms with E-state index in [0.29, 0.717) is 18.8 Å². The quantitative estimate of drug-likeness (QED) is 0.742. The zero-order valence-electron chi connectivity index (χ0n) is 9.51. The predicted molar refractivity (Wildman–Crippen MR) is 59.3 cm³/mol. The molecule has 0 aliphatic rings. The molecule has 0 bridgehead atoms. The van der Waals surface area contributed by atoms with E-state index in [2.05, 4.69) is 0 Å². The Bertz CT molecular complexity index is 356. The number of hydrogen-bond donors (Lipinski definition) is 0. The number of rotatable bonds is 4. The monoisotopic (exact) mass is 208 g/mol. The highest BCUT2D eigenvalue weighted by Gasteiger charge is 2.08. The van der Waals surface area contributed by atoms with Crippen LogP contribution in [-0.4, -0.2) is 5.78 Å². The summed E-state index contributed by atoms with van der Waals surface area (Å²) in [6.45, 7) is 5.92. The highest BCUT2D eigenvalue weighted by Crippen LogP contribution is 2.13. The summed E-state index contributed by atoms with van der Waals surface area (Å²) in [6.07, 6.45) is 0.914. The molecule has 0 amide bonds. The molecule has 0 heterocycles. The van der Waals surface area contributed by atoms with Crippen LogP contribution in [0.15, 0.2) is 18.2 Å². The van der Waals surface area contributed by atoms with Crippen LogP contribution in [0.4, 0.5) is 4.39 Å². The molecule has 0 unspecified atom stereocenters. The zero-order chi connectivity index (χ0) is 11.4. The summed E-state index contributed by atoms with van der Waals surface area (Å²) in [4.78, 5) is 11.6. The number of aryl methyl sites for hydroxylation is 1. The van der Waals surface area contributed by atoms with Crippen molar-refractivity contribution in [2.24, 2.45) is 5.92 Å². The van der Waals surface area contributed by atoms with Gasteiger partial charge in [0.15, 0.2) is 0 Å². The Morgan fingerprint density at radius 1 is 1.40 bits per heavy atom. The van der Waals surface area contributed by atoms with Crippen LogP contribution in [0.25, 0.3) is 0 Å². The first-order valence-corrected chi connectivity index (χ1v) is 5.25. The van der Waals surface area contributed by atoms with E-state index in [1.165, 1.54) is 12.1 Å². The number of benzene rings is 1. The molecule has 0 radical (unpaired) electrons. The molecule has 0 aliphatic carbocycles. The van der Waals surface area contributed by atoms with Gasteiger partial charge < -0.3 is 0 Å². The van der Waals surface area contributed by atoms with Gasteiger partial charge in [0.1, 0.15) is 11.6 Å². The van der Waals surface area contributed by atoms with Gasteiger partial charge in [-0.1, -0.05) is 19.9 Å². The maximum Gasteiger partial charge on any atom is 0.137 e. The van der Waals surface area contributed by atoms with E-state index in [-0.39, 0.29) is 11.6 Å². The van der Waals surface area contributed by atoms with Crippen LogP contribution in [-0.2, 0) is 11.2 Å². The second-order valence-corrected chi connectivity index (χ2v) is 4.38. The molecule has 0 aliphatic heterocycles. The normalized spacial score (nSPS) is 10.7. The van der Waals surface area contributed by atoms with Gasteiger partial charge >= 0.3 is 0 Å². The van der Waals surface area contributed by atoms with Crippen molar-refractivity contribution in [1.82, 2.24) is 0 Å². The molecule has 15 heavy (non-hydrogen) atoms. The Balaban J connectivity index is 2.71. The number of carbonyl (C=O) groups is 1. The second-order valence-electron chi connectivity index (χ2n) is 4.38. The van der Waals surface area contributed by atoms with Crippen molar-refractivity contribution in [3.8, 4) is 0 Å². The Morgan fingerprint density at radius 3 is 2.67 bits per heavy atom. The third kappa shape index (κ3) is 3.82. The number of carbonyl (C=O) groups excluding carboxylic acids is 1.